The summed E-state index contributed by atoms with van der Waals surface area (Å²) in [4.78, 5) is 36.4. The van der Waals surface area contributed by atoms with Crippen molar-refractivity contribution in [2.45, 2.75) is 25.7 Å². The van der Waals surface area contributed by atoms with E-state index >= 15 is 0 Å². The number of carboxylic acid groups (broad SMARTS) is 1. The Morgan fingerprint density at radius 3 is 2.39 bits per heavy atom. The standard InChI is InChI=1S/C20H20FNO5S/c1-27-20(26)16-15(11-6-8-12(21)9-7-11)10-28-18(16)22-17(23)13-4-2-3-5-14(13)19(24)25/h6-10,13-14H,2-5H2,1H3,(H,22,23)(H,24,25)/p-1/t13-,14-/m0/s1. The molecule has 1 aromatic heterocycles. The van der Waals surface area contributed by atoms with Crippen LogP contribution in [0, 0.1) is 17.7 Å². The summed E-state index contributed by atoms with van der Waals surface area (Å²) in [5, 5.41) is 16.0. The van der Waals surface area contributed by atoms with Gasteiger partial charge in [0.25, 0.3) is 0 Å². The van der Waals surface area contributed by atoms with Crippen LogP contribution in [0.4, 0.5) is 9.39 Å². The fourth-order valence-corrected chi connectivity index (χ4v) is 4.49. The van der Waals surface area contributed by atoms with E-state index in [-0.39, 0.29) is 10.6 Å². The molecule has 1 saturated carbocycles. The molecule has 1 aliphatic carbocycles. The third-order valence-electron chi connectivity index (χ3n) is 4.98. The Balaban J connectivity index is 1.91. The Morgan fingerprint density at radius 1 is 1.14 bits per heavy atom. The molecule has 0 aliphatic heterocycles. The number of benzene rings is 1. The number of hydrogen-bond acceptors (Lipinski definition) is 6. The molecule has 0 bridgehead atoms. The van der Waals surface area contributed by atoms with Crippen molar-refractivity contribution in [1.29, 1.82) is 0 Å². The molecule has 0 saturated heterocycles. The first-order valence-corrected chi connectivity index (χ1v) is 9.77. The number of halogens is 1. The zero-order valence-electron chi connectivity index (χ0n) is 15.2. The SMILES string of the molecule is COC(=O)c1c(-c2ccc(F)cc2)csc1NC(=O)[C@H]1CCCC[C@@H]1C(=O)[O-]. The van der Waals surface area contributed by atoms with Gasteiger partial charge in [0.2, 0.25) is 5.91 Å². The van der Waals surface area contributed by atoms with Crippen LogP contribution in [0.15, 0.2) is 29.6 Å². The summed E-state index contributed by atoms with van der Waals surface area (Å²) in [5.41, 5.74) is 1.27. The molecular formula is C20H19FNO5S-. The van der Waals surface area contributed by atoms with Crippen LogP contribution in [0.2, 0.25) is 0 Å². The van der Waals surface area contributed by atoms with E-state index in [1.165, 1.54) is 31.4 Å². The maximum absolute atomic E-state index is 13.2. The first-order chi connectivity index (χ1) is 13.4. The highest BCUT2D eigenvalue weighted by molar-refractivity contribution is 7.15. The lowest BCUT2D eigenvalue weighted by atomic mass is 9.79. The highest BCUT2D eigenvalue weighted by Crippen LogP contribution is 2.38. The second-order valence-corrected chi connectivity index (χ2v) is 7.54. The third-order valence-corrected chi connectivity index (χ3v) is 5.87. The molecule has 2 aromatic rings. The Morgan fingerprint density at radius 2 is 1.79 bits per heavy atom. The summed E-state index contributed by atoms with van der Waals surface area (Å²) >= 11 is 1.13. The molecule has 1 N–H and O–H groups in total. The van der Waals surface area contributed by atoms with Crippen molar-refractivity contribution in [2.24, 2.45) is 11.8 Å². The van der Waals surface area contributed by atoms with Crippen LogP contribution in [0.1, 0.15) is 36.0 Å². The lowest BCUT2D eigenvalue weighted by molar-refractivity contribution is -0.313. The summed E-state index contributed by atoms with van der Waals surface area (Å²) in [6.45, 7) is 0. The van der Waals surface area contributed by atoms with E-state index in [4.69, 9.17) is 4.74 Å². The molecule has 28 heavy (non-hydrogen) atoms. The second kappa shape index (κ2) is 8.52. The van der Waals surface area contributed by atoms with Gasteiger partial charge in [-0.25, -0.2) is 9.18 Å². The molecule has 1 aromatic carbocycles. The van der Waals surface area contributed by atoms with Crippen molar-refractivity contribution in [1.82, 2.24) is 0 Å². The van der Waals surface area contributed by atoms with Crippen molar-refractivity contribution in [3.05, 3.63) is 41.0 Å². The van der Waals surface area contributed by atoms with E-state index in [2.05, 4.69) is 5.32 Å². The quantitative estimate of drug-likeness (QED) is 0.773. The number of esters is 1. The number of ether oxygens (including phenoxy) is 1. The average Bonchev–Trinajstić information content (AvgIpc) is 3.11. The number of rotatable bonds is 5. The van der Waals surface area contributed by atoms with E-state index in [0.717, 1.165) is 24.2 Å². The fourth-order valence-electron chi connectivity index (χ4n) is 3.53. The van der Waals surface area contributed by atoms with Crippen molar-refractivity contribution in [2.75, 3.05) is 12.4 Å². The maximum Gasteiger partial charge on any atom is 0.341 e. The Labute approximate surface area is 165 Å². The van der Waals surface area contributed by atoms with E-state index in [1.807, 2.05) is 0 Å². The van der Waals surface area contributed by atoms with Crippen molar-refractivity contribution in [3.63, 3.8) is 0 Å². The number of amides is 1. The molecule has 8 heteroatoms. The van der Waals surface area contributed by atoms with Crippen molar-refractivity contribution >= 4 is 34.2 Å². The molecule has 1 aliphatic rings. The third kappa shape index (κ3) is 4.06. The largest absolute Gasteiger partial charge is 0.550 e. The lowest BCUT2D eigenvalue weighted by Crippen LogP contribution is -2.42. The fraction of sp³-hybridized carbons (Fsp3) is 0.350. The van der Waals surface area contributed by atoms with Crippen LogP contribution < -0.4 is 10.4 Å². The molecule has 148 valence electrons. The number of hydrogen-bond donors (Lipinski definition) is 1. The van der Waals surface area contributed by atoms with Crippen molar-refractivity contribution < 1.29 is 28.6 Å². The highest BCUT2D eigenvalue weighted by atomic mass is 32.1. The highest BCUT2D eigenvalue weighted by Gasteiger charge is 2.33. The zero-order chi connectivity index (χ0) is 20.3. The van der Waals surface area contributed by atoms with Crippen LogP contribution in [0.3, 0.4) is 0 Å². The molecule has 2 atom stereocenters. The number of thiophene rings is 1. The predicted octanol–water partition coefficient (Wildman–Crippen LogP) is 2.84. The van der Waals surface area contributed by atoms with E-state index < -0.39 is 35.5 Å². The van der Waals surface area contributed by atoms with Crippen LogP contribution in [-0.4, -0.2) is 25.0 Å². The molecule has 1 fully saturated rings. The monoisotopic (exact) mass is 404 g/mol. The summed E-state index contributed by atoms with van der Waals surface area (Å²) in [5.74, 6) is -4.28. The van der Waals surface area contributed by atoms with Crippen LogP contribution in [0.5, 0.6) is 0 Å². The minimum atomic E-state index is -1.23. The second-order valence-electron chi connectivity index (χ2n) is 6.66. The first-order valence-electron chi connectivity index (χ1n) is 8.89. The number of carbonyl (C=O) groups excluding carboxylic acids is 3. The maximum atomic E-state index is 13.2. The van der Waals surface area contributed by atoms with Gasteiger partial charge >= 0.3 is 5.97 Å². The van der Waals surface area contributed by atoms with Gasteiger partial charge in [-0.3, -0.25) is 4.79 Å². The molecule has 1 amide bonds. The van der Waals surface area contributed by atoms with Gasteiger partial charge in [0.15, 0.2) is 0 Å². The minimum Gasteiger partial charge on any atom is -0.550 e. The summed E-state index contributed by atoms with van der Waals surface area (Å²) < 4.78 is 18.1. The van der Waals surface area contributed by atoms with Crippen LogP contribution in [-0.2, 0) is 14.3 Å². The van der Waals surface area contributed by atoms with Crippen molar-refractivity contribution in [3.8, 4) is 11.1 Å². The van der Waals surface area contributed by atoms with E-state index in [0.29, 0.717) is 24.0 Å². The van der Waals surface area contributed by atoms with Gasteiger partial charge in [0.1, 0.15) is 16.4 Å². The first kappa shape index (κ1) is 20.0. The topological polar surface area (TPSA) is 95.5 Å². The van der Waals surface area contributed by atoms with Gasteiger partial charge in [0.05, 0.1) is 7.11 Å². The Bertz CT molecular complexity index is 893. The molecule has 3 rings (SSSR count). The molecule has 0 spiro atoms. The normalized spacial score (nSPS) is 19.1. The van der Waals surface area contributed by atoms with Gasteiger partial charge in [0, 0.05) is 28.7 Å². The van der Waals surface area contributed by atoms with Crippen LogP contribution >= 0.6 is 11.3 Å². The number of methoxy groups -OCH3 is 1. The van der Waals surface area contributed by atoms with Gasteiger partial charge in [-0.15, -0.1) is 11.3 Å². The number of aliphatic carboxylic acids is 1. The molecule has 6 nitrogen and oxygen atoms in total. The molecule has 0 radical (unpaired) electrons. The molecular weight excluding hydrogens is 385 g/mol. The average molecular weight is 404 g/mol. The summed E-state index contributed by atoms with van der Waals surface area (Å²) in [7, 11) is 1.23. The Kier molecular flexibility index (Phi) is 6.08. The van der Waals surface area contributed by atoms with Gasteiger partial charge < -0.3 is 20.0 Å². The zero-order valence-corrected chi connectivity index (χ0v) is 16.0. The number of anilines is 1. The number of nitrogens with one attached hydrogen (secondary N) is 1. The van der Waals surface area contributed by atoms with Gasteiger partial charge in [-0.2, -0.15) is 0 Å². The number of carbonyl (C=O) groups is 3. The van der Waals surface area contributed by atoms with Gasteiger partial charge in [-0.1, -0.05) is 25.0 Å². The lowest BCUT2D eigenvalue weighted by Gasteiger charge is -2.31. The predicted molar refractivity (Wildman–Crippen MR) is 100 cm³/mol. The molecule has 1 heterocycles. The van der Waals surface area contributed by atoms with E-state index in [1.54, 1.807) is 5.38 Å². The summed E-state index contributed by atoms with van der Waals surface area (Å²) in [6, 6.07) is 5.61. The van der Waals surface area contributed by atoms with Crippen LogP contribution in [0.25, 0.3) is 11.1 Å². The molecule has 0 unspecified atom stereocenters. The summed E-state index contributed by atoms with van der Waals surface area (Å²) in [6.07, 6.45) is 2.35. The minimum absolute atomic E-state index is 0.160. The number of carboxylic acids is 1. The smallest absolute Gasteiger partial charge is 0.341 e. The van der Waals surface area contributed by atoms with Gasteiger partial charge in [-0.05, 0) is 30.5 Å². The Hall–Kier alpha value is -2.74. The van der Waals surface area contributed by atoms with E-state index in [9.17, 15) is 23.9 Å².